The van der Waals surface area contributed by atoms with Crippen LogP contribution in [0.5, 0.6) is 5.75 Å². The summed E-state index contributed by atoms with van der Waals surface area (Å²) in [5.74, 6) is 0.690. The van der Waals surface area contributed by atoms with Crippen molar-refractivity contribution in [2.75, 3.05) is 26.0 Å². The lowest BCUT2D eigenvalue weighted by Crippen LogP contribution is -2.25. The molecule has 0 amide bonds. The number of benzene rings is 1. The van der Waals surface area contributed by atoms with E-state index >= 15 is 0 Å². The zero-order valence-corrected chi connectivity index (χ0v) is 13.6. The molecule has 1 aromatic carbocycles. The lowest BCUT2D eigenvalue weighted by Gasteiger charge is -2.18. The van der Waals surface area contributed by atoms with Crippen LogP contribution >= 0.6 is 0 Å². The van der Waals surface area contributed by atoms with Crippen molar-refractivity contribution in [3.63, 3.8) is 0 Å². The minimum Gasteiger partial charge on any atom is -0.492 e. The van der Waals surface area contributed by atoms with Gasteiger partial charge < -0.3 is 10.1 Å². The number of ether oxygens (including phenoxy) is 1. The fourth-order valence-electron chi connectivity index (χ4n) is 1.61. The molecule has 0 aromatic heterocycles. The molecular weight excluding hydrogens is 274 g/mol. The van der Waals surface area contributed by atoms with Gasteiger partial charge in [0.2, 0.25) is 0 Å². The minimum absolute atomic E-state index is 0.313. The average molecular weight is 299 g/mol. The van der Waals surface area contributed by atoms with Gasteiger partial charge in [-0.3, -0.25) is 0 Å². The number of hydrogen-bond acceptors (Lipinski definition) is 4. The van der Waals surface area contributed by atoms with E-state index in [4.69, 9.17) is 4.74 Å². The van der Waals surface area contributed by atoms with Gasteiger partial charge in [-0.15, -0.1) is 0 Å². The molecule has 0 fully saturated rings. The van der Waals surface area contributed by atoms with Crippen LogP contribution in [0, 0.1) is 5.41 Å². The first-order chi connectivity index (χ1) is 9.18. The van der Waals surface area contributed by atoms with Gasteiger partial charge in [0.25, 0.3) is 0 Å². The highest BCUT2D eigenvalue weighted by molar-refractivity contribution is 7.90. The number of rotatable bonds is 7. The summed E-state index contributed by atoms with van der Waals surface area (Å²) < 4.78 is 28.2. The molecule has 0 saturated carbocycles. The second-order valence-corrected chi connectivity index (χ2v) is 8.17. The van der Waals surface area contributed by atoms with Gasteiger partial charge in [0.15, 0.2) is 9.84 Å². The summed E-state index contributed by atoms with van der Waals surface area (Å²) in [6.45, 7) is 8.98. The summed E-state index contributed by atoms with van der Waals surface area (Å²) in [5.41, 5.74) is 0.343. The summed E-state index contributed by atoms with van der Waals surface area (Å²) in [5, 5.41) is 3.33. The van der Waals surface area contributed by atoms with Crippen molar-refractivity contribution >= 4 is 9.84 Å². The quantitative estimate of drug-likeness (QED) is 0.786. The largest absolute Gasteiger partial charge is 0.492 e. The highest BCUT2D eigenvalue weighted by Gasteiger charge is 2.08. The molecule has 0 bridgehead atoms. The molecule has 0 aliphatic heterocycles. The Balaban J connectivity index is 2.26. The van der Waals surface area contributed by atoms with Gasteiger partial charge >= 0.3 is 0 Å². The Labute approximate surface area is 122 Å². The van der Waals surface area contributed by atoms with E-state index in [1.54, 1.807) is 24.3 Å². The Bertz CT molecular complexity index is 501. The third-order valence-electron chi connectivity index (χ3n) is 2.85. The lowest BCUT2D eigenvalue weighted by atomic mass is 9.92. The lowest BCUT2D eigenvalue weighted by molar-refractivity contribution is 0.304. The van der Waals surface area contributed by atoms with Crippen LogP contribution in [0.1, 0.15) is 27.2 Å². The fourth-order valence-corrected chi connectivity index (χ4v) is 2.24. The molecule has 114 valence electrons. The van der Waals surface area contributed by atoms with Crippen molar-refractivity contribution < 1.29 is 13.2 Å². The van der Waals surface area contributed by atoms with Gasteiger partial charge in [0, 0.05) is 12.8 Å². The van der Waals surface area contributed by atoms with Crippen LogP contribution in [-0.2, 0) is 9.84 Å². The normalized spacial score (nSPS) is 12.4. The van der Waals surface area contributed by atoms with E-state index in [0.29, 0.717) is 22.7 Å². The van der Waals surface area contributed by atoms with Crippen LogP contribution < -0.4 is 10.1 Å². The number of hydrogen-bond donors (Lipinski definition) is 1. The summed E-state index contributed by atoms with van der Waals surface area (Å²) in [4.78, 5) is 0.313. The highest BCUT2D eigenvalue weighted by atomic mass is 32.2. The highest BCUT2D eigenvalue weighted by Crippen LogP contribution is 2.17. The third-order valence-corrected chi connectivity index (χ3v) is 3.98. The van der Waals surface area contributed by atoms with Crippen molar-refractivity contribution in [3.05, 3.63) is 24.3 Å². The van der Waals surface area contributed by atoms with E-state index in [0.717, 1.165) is 19.5 Å². The second-order valence-electron chi connectivity index (χ2n) is 6.15. The van der Waals surface area contributed by atoms with Crippen LogP contribution in [-0.4, -0.2) is 34.4 Å². The van der Waals surface area contributed by atoms with Crippen molar-refractivity contribution in [1.29, 1.82) is 0 Å². The minimum atomic E-state index is -3.13. The number of sulfone groups is 1. The monoisotopic (exact) mass is 299 g/mol. The molecule has 0 unspecified atom stereocenters. The molecule has 0 atom stereocenters. The van der Waals surface area contributed by atoms with E-state index in [1.807, 2.05) is 0 Å². The molecule has 0 saturated heterocycles. The molecule has 4 nitrogen and oxygen atoms in total. The maximum atomic E-state index is 11.3. The standard InChI is InChI=1S/C15H25NO3S/c1-15(2,3)9-10-16-11-12-19-13-5-7-14(8-6-13)20(4,17)18/h5-8,16H,9-12H2,1-4H3. The molecule has 0 heterocycles. The van der Waals surface area contributed by atoms with Crippen molar-refractivity contribution in [1.82, 2.24) is 5.32 Å². The third kappa shape index (κ3) is 6.91. The molecule has 5 heteroatoms. The van der Waals surface area contributed by atoms with Crippen molar-refractivity contribution in [2.24, 2.45) is 5.41 Å². The first-order valence-electron chi connectivity index (χ1n) is 6.82. The summed E-state index contributed by atoms with van der Waals surface area (Å²) in [6, 6.07) is 6.51. The smallest absolute Gasteiger partial charge is 0.175 e. The van der Waals surface area contributed by atoms with Crippen LogP contribution in [0.15, 0.2) is 29.2 Å². The summed E-state index contributed by atoms with van der Waals surface area (Å²) in [7, 11) is -3.13. The Hall–Kier alpha value is -1.07. The molecule has 0 aliphatic carbocycles. The molecule has 0 spiro atoms. The Kier molecular flexibility index (Phi) is 6.02. The van der Waals surface area contributed by atoms with E-state index in [9.17, 15) is 8.42 Å². The van der Waals surface area contributed by atoms with E-state index in [1.165, 1.54) is 6.26 Å². The SMILES string of the molecule is CC(C)(C)CCNCCOc1ccc(S(C)(=O)=O)cc1. The Morgan fingerprint density at radius 3 is 2.20 bits per heavy atom. The molecular formula is C15H25NO3S. The maximum Gasteiger partial charge on any atom is 0.175 e. The molecule has 0 radical (unpaired) electrons. The first-order valence-corrected chi connectivity index (χ1v) is 8.71. The topological polar surface area (TPSA) is 55.4 Å². The zero-order chi connectivity index (χ0) is 15.2. The predicted molar refractivity (Wildman–Crippen MR) is 82.0 cm³/mol. The Morgan fingerprint density at radius 1 is 1.10 bits per heavy atom. The van der Waals surface area contributed by atoms with Crippen molar-refractivity contribution in [2.45, 2.75) is 32.1 Å². The van der Waals surface area contributed by atoms with Gasteiger partial charge in [0.1, 0.15) is 12.4 Å². The Morgan fingerprint density at radius 2 is 1.70 bits per heavy atom. The van der Waals surface area contributed by atoms with Crippen molar-refractivity contribution in [3.8, 4) is 5.75 Å². The average Bonchev–Trinajstić information content (AvgIpc) is 2.32. The van der Waals surface area contributed by atoms with Gasteiger partial charge in [-0.1, -0.05) is 20.8 Å². The molecule has 0 aliphatic rings. The number of nitrogens with one attached hydrogen (secondary N) is 1. The van der Waals surface area contributed by atoms with Crippen LogP contribution in [0.3, 0.4) is 0 Å². The van der Waals surface area contributed by atoms with Gasteiger partial charge in [-0.05, 0) is 42.6 Å². The second kappa shape index (κ2) is 7.09. The van der Waals surface area contributed by atoms with Crippen LogP contribution in [0.25, 0.3) is 0 Å². The fraction of sp³-hybridized carbons (Fsp3) is 0.600. The zero-order valence-electron chi connectivity index (χ0n) is 12.8. The van der Waals surface area contributed by atoms with E-state index in [2.05, 4.69) is 26.1 Å². The van der Waals surface area contributed by atoms with Gasteiger partial charge in [-0.25, -0.2) is 8.42 Å². The molecule has 1 rings (SSSR count). The molecule has 20 heavy (non-hydrogen) atoms. The maximum absolute atomic E-state index is 11.3. The van der Waals surface area contributed by atoms with Gasteiger partial charge in [-0.2, -0.15) is 0 Å². The van der Waals surface area contributed by atoms with E-state index < -0.39 is 9.84 Å². The summed E-state index contributed by atoms with van der Waals surface area (Å²) >= 11 is 0. The van der Waals surface area contributed by atoms with Gasteiger partial charge in [0.05, 0.1) is 4.90 Å². The van der Waals surface area contributed by atoms with Crippen LogP contribution in [0.4, 0.5) is 0 Å². The first kappa shape index (κ1) is 17.0. The molecule has 1 aromatic rings. The molecule has 1 N–H and O–H groups in total. The summed E-state index contributed by atoms with van der Waals surface area (Å²) in [6.07, 6.45) is 2.32. The van der Waals surface area contributed by atoms with E-state index in [-0.39, 0.29) is 0 Å². The predicted octanol–water partition coefficient (Wildman–Crippen LogP) is 2.49. The van der Waals surface area contributed by atoms with Crippen LogP contribution in [0.2, 0.25) is 0 Å².